The number of rotatable bonds is 8. The number of terminal acetylenes is 1. The summed E-state index contributed by atoms with van der Waals surface area (Å²) in [5.74, 6) is 2.81. The second-order valence-electron chi connectivity index (χ2n) is 7.42. The number of nitrogens with one attached hydrogen (secondary N) is 1. The van der Waals surface area contributed by atoms with Crippen molar-refractivity contribution in [3.63, 3.8) is 0 Å². The number of hydrogen-bond donors (Lipinski definition) is 1. The molecule has 0 bridgehead atoms. The summed E-state index contributed by atoms with van der Waals surface area (Å²) >= 11 is 0. The van der Waals surface area contributed by atoms with Crippen LogP contribution in [0.4, 0.5) is 11.5 Å². The van der Waals surface area contributed by atoms with Crippen molar-refractivity contribution >= 4 is 38.3 Å². The summed E-state index contributed by atoms with van der Waals surface area (Å²) in [4.78, 5) is 18.3. The first-order valence-corrected chi connectivity index (χ1v) is 11.5. The number of aromatic nitrogens is 1. The minimum atomic E-state index is -3.80. The largest absolute Gasteiger partial charge is 0.469 e. The fourth-order valence-corrected chi connectivity index (χ4v) is 4.45. The normalized spacial score (nSPS) is 12.1. The van der Waals surface area contributed by atoms with Crippen molar-refractivity contribution in [3.05, 3.63) is 60.3 Å². The van der Waals surface area contributed by atoms with Crippen molar-refractivity contribution in [1.29, 1.82) is 0 Å². The fourth-order valence-electron chi connectivity index (χ4n) is 3.38. The average molecular weight is 452 g/mol. The Labute approximate surface area is 188 Å². The number of hydrogen-bond acceptors (Lipinski definition) is 6. The maximum atomic E-state index is 12.9. The number of benzene rings is 2. The summed E-state index contributed by atoms with van der Waals surface area (Å²) in [6, 6.07) is 13.6. The highest BCUT2D eigenvalue weighted by atomic mass is 32.2. The van der Waals surface area contributed by atoms with Gasteiger partial charge >= 0.3 is 5.97 Å². The number of methoxy groups -OCH3 is 1. The predicted molar refractivity (Wildman–Crippen MR) is 126 cm³/mol. The van der Waals surface area contributed by atoms with Crippen LogP contribution in [0.1, 0.15) is 18.9 Å². The number of fused-ring (bicyclic) bond motifs is 1. The van der Waals surface area contributed by atoms with E-state index >= 15 is 0 Å². The van der Waals surface area contributed by atoms with Gasteiger partial charge in [-0.15, -0.1) is 6.42 Å². The summed E-state index contributed by atoms with van der Waals surface area (Å²) in [6.07, 6.45) is 7.18. The minimum Gasteiger partial charge on any atom is -0.469 e. The molecule has 1 heterocycles. The average Bonchev–Trinajstić information content (AvgIpc) is 2.78. The van der Waals surface area contributed by atoms with Gasteiger partial charge in [0.15, 0.2) is 0 Å². The summed E-state index contributed by atoms with van der Waals surface area (Å²) in [5.41, 5.74) is 1.32. The van der Waals surface area contributed by atoms with Crippen LogP contribution >= 0.6 is 0 Å². The number of carbonyl (C=O) groups is 1. The van der Waals surface area contributed by atoms with E-state index in [2.05, 4.69) is 15.6 Å². The molecule has 8 heteroatoms. The Bertz CT molecular complexity index is 1260. The molecule has 32 heavy (non-hydrogen) atoms. The van der Waals surface area contributed by atoms with E-state index in [0.29, 0.717) is 22.3 Å². The van der Waals surface area contributed by atoms with E-state index in [-0.39, 0.29) is 29.9 Å². The van der Waals surface area contributed by atoms with Crippen LogP contribution in [0.2, 0.25) is 0 Å². The molecule has 0 saturated carbocycles. The van der Waals surface area contributed by atoms with E-state index in [0.717, 1.165) is 5.56 Å². The number of pyridine rings is 1. The lowest BCUT2D eigenvalue weighted by Crippen LogP contribution is -2.36. The Morgan fingerprint density at radius 1 is 1.19 bits per heavy atom. The van der Waals surface area contributed by atoms with Crippen molar-refractivity contribution in [2.24, 2.45) is 0 Å². The smallest absolute Gasteiger partial charge is 0.307 e. The van der Waals surface area contributed by atoms with Crippen LogP contribution in [0, 0.1) is 19.3 Å². The number of ether oxygens (including phenoxy) is 1. The molecule has 1 N–H and O–H groups in total. The van der Waals surface area contributed by atoms with E-state index in [4.69, 9.17) is 11.2 Å². The standard InChI is InChI=1S/C24H25N3O4S/c1-5-14-27(18(3)15-23(28)31-4)24-21-9-7-6-8-20(21)22(16-25-24)26-32(29,30)19-12-10-17(2)11-13-19/h1,6-13,16,18,26H,14-15H2,2-4H3/t18-/m0/s1. The zero-order valence-electron chi connectivity index (χ0n) is 18.2. The van der Waals surface area contributed by atoms with Gasteiger partial charge in [-0.05, 0) is 26.0 Å². The number of anilines is 2. The lowest BCUT2D eigenvalue weighted by atomic mass is 10.1. The predicted octanol–water partition coefficient (Wildman–Crippen LogP) is 3.74. The summed E-state index contributed by atoms with van der Waals surface area (Å²) in [6.45, 7) is 3.98. The van der Waals surface area contributed by atoms with Gasteiger partial charge in [-0.2, -0.15) is 0 Å². The molecule has 0 saturated heterocycles. The SMILES string of the molecule is C#CCN(c1ncc(NS(=O)(=O)c2ccc(C)cc2)c2ccccc12)[C@@H](C)CC(=O)OC. The Morgan fingerprint density at radius 3 is 2.47 bits per heavy atom. The first kappa shape index (κ1) is 23.1. The van der Waals surface area contributed by atoms with Gasteiger partial charge in [0.25, 0.3) is 10.0 Å². The number of nitrogens with zero attached hydrogens (tertiary/aromatic N) is 2. The highest BCUT2D eigenvalue weighted by Gasteiger charge is 2.22. The van der Waals surface area contributed by atoms with Crippen molar-refractivity contribution in [1.82, 2.24) is 4.98 Å². The van der Waals surface area contributed by atoms with Crippen molar-refractivity contribution in [3.8, 4) is 12.3 Å². The van der Waals surface area contributed by atoms with E-state index in [1.54, 1.807) is 24.3 Å². The first-order chi connectivity index (χ1) is 15.3. The molecule has 0 unspecified atom stereocenters. The molecule has 3 aromatic rings. The zero-order valence-corrected chi connectivity index (χ0v) is 19.0. The molecule has 0 fully saturated rings. The van der Waals surface area contributed by atoms with Gasteiger partial charge in [-0.25, -0.2) is 13.4 Å². The molecule has 0 amide bonds. The third-order valence-electron chi connectivity index (χ3n) is 5.11. The van der Waals surface area contributed by atoms with Crippen LogP contribution in [-0.2, 0) is 19.6 Å². The van der Waals surface area contributed by atoms with Crippen molar-refractivity contribution in [2.45, 2.75) is 31.2 Å². The van der Waals surface area contributed by atoms with Crippen LogP contribution in [0.5, 0.6) is 0 Å². The molecule has 166 valence electrons. The van der Waals surface area contributed by atoms with E-state index in [9.17, 15) is 13.2 Å². The molecule has 1 atom stereocenters. The molecule has 7 nitrogen and oxygen atoms in total. The summed E-state index contributed by atoms with van der Waals surface area (Å²) < 4.78 is 33.3. The Hall–Kier alpha value is -3.57. The number of carbonyl (C=O) groups excluding carboxylic acids is 1. The van der Waals surface area contributed by atoms with Gasteiger partial charge < -0.3 is 9.64 Å². The van der Waals surface area contributed by atoms with Gasteiger partial charge in [0, 0.05) is 16.8 Å². The van der Waals surface area contributed by atoms with Gasteiger partial charge in [0.1, 0.15) is 5.82 Å². The number of esters is 1. The van der Waals surface area contributed by atoms with Crippen molar-refractivity contribution in [2.75, 3.05) is 23.3 Å². The van der Waals surface area contributed by atoms with Gasteiger partial charge in [0.05, 0.1) is 36.9 Å². The van der Waals surface area contributed by atoms with Crippen LogP contribution in [0.15, 0.2) is 59.6 Å². The van der Waals surface area contributed by atoms with E-state index in [1.807, 2.05) is 43.0 Å². The highest BCUT2D eigenvalue weighted by molar-refractivity contribution is 7.92. The van der Waals surface area contributed by atoms with Gasteiger partial charge in [-0.3, -0.25) is 9.52 Å². The first-order valence-electron chi connectivity index (χ1n) is 10.0. The van der Waals surface area contributed by atoms with E-state index in [1.165, 1.54) is 13.3 Å². The lowest BCUT2D eigenvalue weighted by Gasteiger charge is -2.29. The van der Waals surface area contributed by atoms with Gasteiger partial charge in [-0.1, -0.05) is 47.9 Å². The molecule has 1 aromatic heterocycles. The van der Waals surface area contributed by atoms with Crippen LogP contribution in [0.25, 0.3) is 10.8 Å². The fraction of sp³-hybridized carbons (Fsp3) is 0.250. The van der Waals surface area contributed by atoms with E-state index < -0.39 is 10.0 Å². The topological polar surface area (TPSA) is 88.6 Å². The molecule has 0 radical (unpaired) electrons. The number of sulfonamides is 1. The van der Waals surface area contributed by atoms with Crippen molar-refractivity contribution < 1.29 is 17.9 Å². The monoisotopic (exact) mass is 451 g/mol. The Morgan fingerprint density at radius 2 is 1.84 bits per heavy atom. The summed E-state index contributed by atoms with van der Waals surface area (Å²) in [5, 5.41) is 1.38. The molecule has 0 aliphatic heterocycles. The zero-order chi connectivity index (χ0) is 23.3. The molecule has 0 aliphatic rings. The summed E-state index contributed by atoms with van der Waals surface area (Å²) in [7, 11) is -2.46. The molecule has 3 rings (SSSR count). The molecular formula is C24H25N3O4S. The van der Waals surface area contributed by atoms with Crippen LogP contribution < -0.4 is 9.62 Å². The van der Waals surface area contributed by atoms with Crippen LogP contribution in [-0.4, -0.2) is 39.1 Å². The minimum absolute atomic E-state index is 0.135. The second-order valence-corrected chi connectivity index (χ2v) is 9.10. The molecule has 0 aliphatic carbocycles. The molecule has 0 spiro atoms. The third kappa shape index (κ3) is 5.01. The quantitative estimate of drug-likeness (QED) is 0.415. The lowest BCUT2D eigenvalue weighted by molar-refractivity contribution is -0.140. The number of aryl methyl sites for hydroxylation is 1. The third-order valence-corrected chi connectivity index (χ3v) is 6.49. The molecule has 2 aromatic carbocycles. The Kier molecular flexibility index (Phi) is 7.01. The van der Waals surface area contributed by atoms with Gasteiger partial charge in [0.2, 0.25) is 0 Å². The molecular weight excluding hydrogens is 426 g/mol. The highest BCUT2D eigenvalue weighted by Crippen LogP contribution is 2.32. The second kappa shape index (κ2) is 9.71. The maximum Gasteiger partial charge on any atom is 0.307 e. The Balaban J connectivity index is 2.04. The van der Waals surface area contributed by atoms with Crippen LogP contribution in [0.3, 0.4) is 0 Å². The maximum absolute atomic E-state index is 12.9.